The Labute approximate surface area is 265 Å². The molecule has 0 saturated heterocycles. The number of aromatic nitrogens is 3. The molecule has 6 rings (SSSR count). The van der Waals surface area contributed by atoms with E-state index in [9.17, 15) is 9.59 Å². The van der Waals surface area contributed by atoms with Crippen molar-refractivity contribution in [2.75, 3.05) is 39.4 Å². The number of para-hydroxylation sites is 1. The molecule has 4 aromatic carbocycles. The van der Waals surface area contributed by atoms with Gasteiger partial charge in [0.25, 0.3) is 0 Å². The predicted octanol–water partition coefficient (Wildman–Crippen LogP) is 4.32. The summed E-state index contributed by atoms with van der Waals surface area (Å²) in [6, 6.07) is 24.1. The maximum atomic E-state index is 14.5. The first kappa shape index (κ1) is 30.3. The number of amides is 2. The van der Waals surface area contributed by atoms with Crippen molar-refractivity contribution in [1.82, 2.24) is 20.3 Å². The summed E-state index contributed by atoms with van der Waals surface area (Å²) in [7, 11) is 4.48. The number of fused-ring (bicyclic) bond motifs is 2. The highest BCUT2D eigenvalue weighted by Gasteiger charge is 2.35. The molecule has 2 amide bonds. The van der Waals surface area contributed by atoms with Gasteiger partial charge in [-0.3, -0.25) is 14.5 Å². The summed E-state index contributed by atoms with van der Waals surface area (Å²) < 4.78 is 29.9. The van der Waals surface area contributed by atoms with E-state index >= 15 is 0 Å². The van der Waals surface area contributed by atoms with E-state index in [1.54, 1.807) is 30.3 Å². The molecule has 0 saturated carbocycles. The van der Waals surface area contributed by atoms with E-state index in [0.29, 0.717) is 64.2 Å². The van der Waals surface area contributed by atoms with E-state index in [1.165, 1.54) is 30.9 Å². The van der Waals surface area contributed by atoms with E-state index in [-0.39, 0.29) is 13.1 Å². The molecule has 0 unspecified atom stereocenters. The third-order valence-corrected chi connectivity index (χ3v) is 7.60. The molecular formula is C34H33N5O7. The van der Waals surface area contributed by atoms with Crippen LogP contribution in [0, 0.1) is 0 Å². The van der Waals surface area contributed by atoms with E-state index < -0.39 is 17.9 Å². The molecule has 0 radical (unpaired) electrons. The van der Waals surface area contributed by atoms with Crippen LogP contribution in [0.3, 0.4) is 0 Å². The largest absolute Gasteiger partial charge is 0.493 e. The number of hydrogen-bond acceptors (Lipinski definition) is 9. The molecule has 12 nitrogen and oxygen atoms in total. The molecule has 0 bridgehead atoms. The SMILES string of the molecule is COc1cc([C@@H](C(=O)NCc2ccccc2)N(C(=O)Cn2nnc3ccccc32)c2ccc3c(c2)OCCO3)cc(OC)c1OC. The number of nitrogens with one attached hydrogen (secondary N) is 1. The normalized spacial score (nSPS) is 12.7. The maximum Gasteiger partial charge on any atom is 0.249 e. The lowest BCUT2D eigenvalue weighted by Crippen LogP contribution is -2.45. The molecule has 236 valence electrons. The van der Waals surface area contributed by atoms with Crippen LogP contribution in [-0.2, 0) is 22.7 Å². The number of benzene rings is 4. The average molecular weight is 624 g/mol. The molecule has 0 aliphatic carbocycles. The maximum absolute atomic E-state index is 14.5. The molecule has 1 aliphatic rings. The van der Waals surface area contributed by atoms with Crippen molar-refractivity contribution in [1.29, 1.82) is 0 Å². The Morgan fingerprint density at radius 2 is 1.57 bits per heavy atom. The number of hydrogen-bond donors (Lipinski definition) is 1. The Hall–Kier alpha value is -5.78. The second-order valence-corrected chi connectivity index (χ2v) is 10.4. The first-order chi connectivity index (χ1) is 22.5. The van der Waals surface area contributed by atoms with E-state index in [2.05, 4.69) is 15.6 Å². The van der Waals surface area contributed by atoms with E-state index in [1.807, 2.05) is 54.6 Å². The van der Waals surface area contributed by atoms with Gasteiger partial charge in [0.15, 0.2) is 23.0 Å². The van der Waals surface area contributed by atoms with Crippen LogP contribution >= 0.6 is 0 Å². The first-order valence-corrected chi connectivity index (χ1v) is 14.6. The van der Waals surface area contributed by atoms with E-state index in [0.717, 1.165) is 5.56 Å². The number of ether oxygens (including phenoxy) is 5. The summed E-state index contributed by atoms with van der Waals surface area (Å²) in [5.74, 6) is 1.14. The minimum Gasteiger partial charge on any atom is -0.493 e. The molecular weight excluding hydrogens is 590 g/mol. The van der Waals surface area contributed by atoms with Gasteiger partial charge < -0.3 is 29.0 Å². The lowest BCUT2D eigenvalue weighted by molar-refractivity contribution is -0.127. The second-order valence-electron chi connectivity index (χ2n) is 10.4. The summed E-state index contributed by atoms with van der Waals surface area (Å²) in [5.41, 5.74) is 3.05. The van der Waals surface area contributed by atoms with Gasteiger partial charge in [0.2, 0.25) is 17.6 Å². The topological polar surface area (TPSA) is 126 Å². The highest BCUT2D eigenvalue weighted by atomic mass is 16.6. The lowest BCUT2D eigenvalue weighted by Gasteiger charge is -2.33. The fourth-order valence-corrected chi connectivity index (χ4v) is 5.42. The number of carbonyl (C=O) groups excluding carboxylic acids is 2. The molecule has 1 N–H and O–H groups in total. The number of rotatable bonds is 11. The van der Waals surface area contributed by atoms with Crippen molar-refractivity contribution in [2.45, 2.75) is 19.1 Å². The van der Waals surface area contributed by atoms with Crippen molar-refractivity contribution in [3.63, 3.8) is 0 Å². The Morgan fingerprint density at radius 3 is 2.28 bits per heavy atom. The zero-order chi connectivity index (χ0) is 32.0. The average Bonchev–Trinajstić information content (AvgIpc) is 3.51. The van der Waals surface area contributed by atoms with Crippen molar-refractivity contribution >= 4 is 28.5 Å². The Morgan fingerprint density at radius 1 is 0.870 bits per heavy atom. The van der Waals surface area contributed by atoms with Crippen LogP contribution in [0.15, 0.2) is 84.9 Å². The molecule has 1 aliphatic heterocycles. The van der Waals surface area contributed by atoms with Gasteiger partial charge >= 0.3 is 0 Å². The monoisotopic (exact) mass is 623 g/mol. The van der Waals surface area contributed by atoms with Gasteiger partial charge in [-0.15, -0.1) is 5.10 Å². The van der Waals surface area contributed by atoms with Gasteiger partial charge in [-0.05, 0) is 47.5 Å². The number of methoxy groups -OCH3 is 3. The Kier molecular flexibility index (Phi) is 8.86. The first-order valence-electron chi connectivity index (χ1n) is 14.6. The summed E-state index contributed by atoms with van der Waals surface area (Å²) in [6.45, 7) is 0.785. The molecule has 2 heterocycles. The van der Waals surface area contributed by atoms with Crippen molar-refractivity contribution in [3.8, 4) is 28.7 Å². The van der Waals surface area contributed by atoms with Gasteiger partial charge in [0.1, 0.15) is 31.3 Å². The highest BCUT2D eigenvalue weighted by molar-refractivity contribution is 6.02. The van der Waals surface area contributed by atoms with Crippen LogP contribution in [0.1, 0.15) is 17.2 Å². The number of anilines is 1. The minimum absolute atomic E-state index is 0.207. The lowest BCUT2D eigenvalue weighted by atomic mass is 10.0. The summed E-state index contributed by atoms with van der Waals surface area (Å²) in [5, 5.41) is 11.5. The number of carbonyl (C=O) groups is 2. The smallest absolute Gasteiger partial charge is 0.249 e. The second kappa shape index (κ2) is 13.5. The molecule has 0 spiro atoms. The summed E-state index contributed by atoms with van der Waals surface area (Å²) in [4.78, 5) is 30.4. The molecule has 1 aromatic heterocycles. The standard InChI is InChI=1S/C34H33N5O7/c1-42-29-17-23(18-30(43-2)33(29)44-3)32(34(41)35-20-22-9-5-4-6-10-22)39(24-13-14-27-28(19-24)46-16-15-45-27)31(40)21-38-26-12-8-7-11-25(26)36-37-38/h4-14,17-19,32H,15-16,20-21H2,1-3H3,(H,35,41)/t32-/m0/s1. The minimum atomic E-state index is -1.19. The van der Waals surface area contributed by atoms with Gasteiger partial charge in [-0.2, -0.15) is 0 Å². The van der Waals surface area contributed by atoms with Crippen LogP contribution < -0.4 is 33.9 Å². The van der Waals surface area contributed by atoms with Crippen LogP contribution in [0.25, 0.3) is 11.0 Å². The van der Waals surface area contributed by atoms with E-state index in [4.69, 9.17) is 23.7 Å². The Balaban J connectivity index is 1.49. The molecule has 5 aromatic rings. The van der Waals surface area contributed by atoms with Crippen LogP contribution in [-0.4, -0.2) is 61.4 Å². The highest BCUT2D eigenvalue weighted by Crippen LogP contribution is 2.43. The molecule has 46 heavy (non-hydrogen) atoms. The fourth-order valence-electron chi connectivity index (χ4n) is 5.42. The van der Waals surface area contributed by atoms with Crippen LogP contribution in [0.4, 0.5) is 5.69 Å². The third kappa shape index (κ3) is 6.09. The van der Waals surface area contributed by atoms with Crippen LogP contribution in [0.5, 0.6) is 28.7 Å². The van der Waals surface area contributed by atoms with Crippen LogP contribution in [0.2, 0.25) is 0 Å². The van der Waals surface area contributed by atoms with Gasteiger partial charge in [0.05, 0.1) is 26.8 Å². The van der Waals surface area contributed by atoms with Crippen molar-refractivity contribution in [2.24, 2.45) is 0 Å². The zero-order valence-corrected chi connectivity index (χ0v) is 25.6. The quantitative estimate of drug-likeness (QED) is 0.229. The predicted molar refractivity (Wildman–Crippen MR) is 170 cm³/mol. The summed E-state index contributed by atoms with van der Waals surface area (Å²) >= 11 is 0. The zero-order valence-electron chi connectivity index (χ0n) is 25.6. The van der Waals surface area contributed by atoms with Gasteiger partial charge in [-0.1, -0.05) is 47.7 Å². The van der Waals surface area contributed by atoms with Gasteiger partial charge in [-0.25, -0.2) is 4.68 Å². The molecule has 1 atom stereocenters. The molecule has 12 heteroatoms. The van der Waals surface area contributed by atoms with Crippen molar-refractivity contribution < 1.29 is 33.3 Å². The third-order valence-electron chi connectivity index (χ3n) is 7.60. The van der Waals surface area contributed by atoms with Crippen molar-refractivity contribution in [3.05, 3.63) is 96.1 Å². The Bertz CT molecular complexity index is 1830. The molecule has 0 fully saturated rings. The summed E-state index contributed by atoms with van der Waals surface area (Å²) in [6.07, 6.45) is 0. The fraction of sp³-hybridized carbons (Fsp3) is 0.235. The number of nitrogens with zero attached hydrogens (tertiary/aromatic N) is 4. The van der Waals surface area contributed by atoms with Gasteiger partial charge in [0, 0.05) is 18.3 Å².